The van der Waals surface area contributed by atoms with Crippen molar-refractivity contribution in [1.82, 2.24) is 10.2 Å². The van der Waals surface area contributed by atoms with Gasteiger partial charge in [0, 0.05) is 22.6 Å². The van der Waals surface area contributed by atoms with E-state index in [2.05, 4.69) is 5.32 Å². The highest BCUT2D eigenvalue weighted by molar-refractivity contribution is 7.92. The van der Waals surface area contributed by atoms with Gasteiger partial charge in [-0.15, -0.1) is 0 Å². The van der Waals surface area contributed by atoms with Crippen LogP contribution >= 0.6 is 23.2 Å². The fourth-order valence-corrected chi connectivity index (χ4v) is 6.85. The van der Waals surface area contributed by atoms with Crippen molar-refractivity contribution >= 4 is 50.7 Å². The Morgan fingerprint density at radius 3 is 2.24 bits per heavy atom. The topological polar surface area (TPSA) is 86.8 Å². The summed E-state index contributed by atoms with van der Waals surface area (Å²) in [4.78, 5) is 28.9. The molecule has 1 atom stereocenters. The molecule has 1 saturated carbocycles. The van der Waals surface area contributed by atoms with Crippen LogP contribution in [0.3, 0.4) is 0 Å². The van der Waals surface area contributed by atoms with E-state index in [1.807, 2.05) is 6.92 Å². The zero-order valence-electron chi connectivity index (χ0n) is 23.2. The van der Waals surface area contributed by atoms with E-state index in [0.29, 0.717) is 21.3 Å². The van der Waals surface area contributed by atoms with Gasteiger partial charge in [-0.2, -0.15) is 0 Å². The van der Waals surface area contributed by atoms with Gasteiger partial charge in [0.05, 0.1) is 10.6 Å². The van der Waals surface area contributed by atoms with Crippen LogP contribution in [0.15, 0.2) is 77.7 Å². The van der Waals surface area contributed by atoms with Gasteiger partial charge >= 0.3 is 0 Å². The Balaban J connectivity index is 1.68. The second kappa shape index (κ2) is 13.7. The number of sulfonamides is 1. The van der Waals surface area contributed by atoms with Gasteiger partial charge in [0.25, 0.3) is 10.0 Å². The molecule has 0 aromatic heterocycles. The Bertz CT molecular complexity index is 1460. The van der Waals surface area contributed by atoms with Gasteiger partial charge in [-0.1, -0.05) is 84.4 Å². The van der Waals surface area contributed by atoms with Crippen LogP contribution in [-0.2, 0) is 26.2 Å². The molecule has 0 spiro atoms. The first-order valence-electron chi connectivity index (χ1n) is 13.7. The molecule has 218 valence electrons. The monoisotopic (exact) mass is 615 g/mol. The van der Waals surface area contributed by atoms with Crippen molar-refractivity contribution in [3.05, 3.63) is 94.0 Å². The van der Waals surface area contributed by atoms with E-state index < -0.39 is 28.5 Å². The van der Waals surface area contributed by atoms with Crippen LogP contribution in [0.5, 0.6) is 0 Å². The van der Waals surface area contributed by atoms with Crippen molar-refractivity contribution in [2.24, 2.45) is 0 Å². The maximum atomic E-state index is 14.1. The van der Waals surface area contributed by atoms with E-state index in [1.54, 1.807) is 67.6 Å². The van der Waals surface area contributed by atoms with E-state index >= 15 is 0 Å². The van der Waals surface area contributed by atoms with Gasteiger partial charge in [-0.3, -0.25) is 13.9 Å². The van der Waals surface area contributed by atoms with E-state index in [4.69, 9.17) is 23.2 Å². The SMILES string of the molecule is Cc1ccc(N(CC(=O)N(Cc2ccc(Cl)cc2Cl)[C@@H](C)C(=O)NC2CCCCC2)S(=O)(=O)c2ccccc2)cc1. The van der Waals surface area contributed by atoms with Crippen LogP contribution < -0.4 is 9.62 Å². The summed E-state index contributed by atoms with van der Waals surface area (Å²) in [5.41, 5.74) is 1.88. The third kappa shape index (κ3) is 7.82. The van der Waals surface area contributed by atoms with Gasteiger partial charge in [0.2, 0.25) is 11.8 Å². The molecule has 2 amide bonds. The first kappa shape index (κ1) is 30.9. The predicted molar refractivity (Wildman–Crippen MR) is 164 cm³/mol. The molecule has 0 heterocycles. The van der Waals surface area contributed by atoms with Crippen molar-refractivity contribution in [2.45, 2.75) is 69.5 Å². The lowest BCUT2D eigenvalue weighted by molar-refractivity contribution is -0.139. The zero-order valence-corrected chi connectivity index (χ0v) is 25.6. The van der Waals surface area contributed by atoms with Gasteiger partial charge in [0.1, 0.15) is 12.6 Å². The molecule has 0 aliphatic heterocycles. The summed E-state index contributed by atoms with van der Waals surface area (Å²) in [6, 6.07) is 19.0. The summed E-state index contributed by atoms with van der Waals surface area (Å²) in [6.07, 6.45) is 5.03. The molecule has 0 unspecified atom stereocenters. The van der Waals surface area contributed by atoms with Crippen molar-refractivity contribution in [1.29, 1.82) is 0 Å². The molecule has 1 aliphatic carbocycles. The van der Waals surface area contributed by atoms with E-state index in [9.17, 15) is 18.0 Å². The minimum atomic E-state index is -4.11. The Morgan fingerprint density at radius 1 is 0.951 bits per heavy atom. The molecule has 0 radical (unpaired) electrons. The largest absolute Gasteiger partial charge is 0.352 e. The molecule has 1 aliphatic rings. The van der Waals surface area contributed by atoms with E-state index in [0.717, 1.165) is 42.0 Å². The molecule has 0 bridgehead atoms. The number of carbonyl (C=O) groups excluding carboxylic acids is 2. The summed E-state index contributed by atoms with van der Waals surface area (Å²) in [6.45, 7) is 3.05. The minimum Gasteiger partial charge on any atom is -0.352 e. The number of aryl methyl sites for hydroxylation is 1. The number of nitrogens with one attached hydrogen (secondary N) is 1. The highest BCUT2D eigenvalue weighted by atomic mass is 35.5. The number of benzene rings is 3. The van der Waals surface area contributed by atoms with Crippen molar-refractivity contribution in [3.8, 4) is 0 Å². The fourth-order valence-electron chi connectivity index (χ4n) is 4.94. The zero-order chi connectivity index (χ0) is 29.6. The first-order chi connectivity index (χ1) is 19.6. The summed E-state index contributed by atoms with van der Waals surface area (Å²) < 4.78 is 28.8. The van der Waals surface area contributed by atoms with Crippen molar-refractivity contribution in [2.75, 3.05) is 10.8 Å². The maximum absolute atomic E-state index is 14.1. The standard InChI is InChI=1S/C31H35Cl2N3O4S/c1-22-13-17-27(18-14-22)36(41(39,40)28-11-7-4-8-12-28)21-30(37)35(20-24-15-16-25(32)19-29(24)33)23(2)31(38)34-26-9-5-3-6-10-26/h4,7-8,11-19,23,26H,3,5-6,9-10,20-21H2,1-2H3,(H,34,38)/t23-/m0/s1. The molecule has 1 fully saturated rings. The lowest BCUT2D eigenvalue weighted by Gasteiger charge is -2.33. The Hall–Kier alpha value is -3.07. The van der Waals surface area contributed by atoms with Gasteiger partial charge in [0.15, 0.2) is 0 Å². The number of nitrogens with zero attached hydrogens (tertiary/aromatic N) is 2. The second-order valence-corrected chi connectivity index (χ2v) is 13.1. The van der Waals surface area contributed by atoms with Crippen LogP contribution in [0.4, 0.5) is 5.69 Å². The molecule has 10 heteroatoms. The fraction of sp³-hybridized carbons (Fsp3) is 0.355. The number of halogens is 2. The highest BCUT2D eigenvalue weighted by Crippen LogP contribution is 2.27. The average molecular weight is 617 g/mol. The Morgan fingerprint density at radius 2 is 1.61 bits per heavy atom. The van der Waals surface area contributed by atoms with Crippen LogP contribution in [0, 0.1) is 6.92 Å². The third-order valence-electron chi connectivity index (χ3n) is 7.41. The Kier molecular flexibility index (Phi) is 10.3. The number of anilines is 1. The highest BCUT2D eigenvalue weighted by Gasteiger charge is 2.33. The van der Waals surface area contributed by atoms with Gasteiger partial charge in [-0.05, 0) is 68.7 Å². The Labute approximate surface area is 252 Å². The maximum Gasteiger partial charge on any atom is 0.264 e. The second-order valence-electron chi connectivity index (χ2n) is 10.4. The average Bonchev–Trinajstić information content (AvgIpc) is 2.96. The molecular weight excluding hydrogens is 581 g/mol. The summed E-state index contributed by atoms with van der Waals surface area (Å²) in [5.74, 6) is -0.828. The molecule has 0 saturated heterocycles. The van der Waals surface area contributed by atoms with Crippen LogP contribution in [0.1, 0.15) is 50.2 Å². The summed E-state index contributed by atoms with van der Waals surface area (Å²) in [7, 11) is -4.11. The lowest BCUT2D eigenvalue weighted by atomic mass is 9.95. The molecule has 7 nitrogen and oxygen atoms in total. The molecule has 3 aromatic rings. The normalized spacial score (nSPS) is 14.7. The number of hydrogen-bond acceptors (Lipinski definition) is 4. The van der Waals surface area contributed by atoms with E-state index in [-0.39, 0.29) is 23.4 Å². The number of carbonyl (C=O) groups is 2. The molecule has 3 aromatic carbocycles. The smallest absolute Gasteiger partial charge is 0.264 e. The summed E-state index contributed by atoms with van der Waals surface area (Å²) in [5, 5.41) is 3.89. The number of hydrogen-bond donors (Lipinski definition) is 1. The molecule has 1 N–H and O–H groups in total. The van der Waals surface area contributed by atoms with Crippen LogP contribution in [0.2, 0.25) is 10.0 Å². The van der Waals surface area contributed by atoms with Crippen LogP contribution in [0.25, 0.3) is 0 Å². The molecular formula is C31H35Cl2N3O4S. The quantitative estimate of drug-likeness (QED) is 0.287. The first-order valence-corrected chi connectivity index (χ1v) is 15.9. The van der Waals surface area contributed by atoms with Crippen LogP contribution in [-0.4, -0.2) is 43.8 Å². The summed E-state index contributed by atoms with van der Waals surface area (Å²) >= 11 is 12.5. The van der Waals surface area contributed by atoms with Crippen molar-refractivity contribution < 1.29 is 18.0 Å². The number of rotatable bonds is 10. The molecule has 4 rings (SSSR count). The molecule has 41 heavy (non-hydrogen) atoms. The third-order valence-corrected chi connectivity index (χ3v) is 9.78. The van der Waals surface area contributed by atoms with Gasteiger partial charge in [-0.25, -0.2) is 8.42 Å². The predicted octanol–water partition coefficient (Wildman–Crippen LogP) is 6.36. The van der Waals surface area contributed by atoms with E-state index in [1.165, 1.54) is 17.0 Å². The minimum absolute atomic E-state index is 0.00120. The van der Waals surface area contributed by atoms with Crippen molar-refractivity contribution in [3.63, 3.8) is 0 Å². The lowest BCUT2D eigenvalue weighted by Crippen LogP contribution is -2.53. The van der Waals surface area contributed by atoms with Gasteiger partial charge < -0.3 is 10.2 Å². The number of amides is 2.